The van der Waals surface area contributed by atoms with Gasteiger partial charge in [-0.2, -0.15) is 0 Å². The third-order valence-corrected chi connectivity index (χ3v) is 1.81. The van der Waals surface area contributed by atoms with Crippen molar-refractivity contribution >= 4 is 18.2 Å². The van der Waals surface area contributed by atoms with Gasteiger partial charge in [-0.3, -0.25) is 0 Å². The molecule has 102 valence electrons. The number of hydrogen-bond acceptors (Lipinski definition) is 6. The van der Waals surface area contributed by atoms with Crippen LogP contribution >= 0.6 is 0 Å². The van der Waals surface area contributed by atoms with Crippen molar-refractivity contribution in [1.29, 1.82) is 16.2 Å². The quantitative estimate of drug-likeness (QED) is 0.533. The van der Waals surface area contributed by atoms with E-state index in [0.29, 0.717) is 5.92 Å². The van der Waals surface area contributed by atoms with Crippen LogP contribution in [0.3, 0.4) is 0 Å². The maximum Gasteiger partial charge on any atom is 0.231 e. The molecule has 0 aliphatic rings. The number of nitrogens with one attached hydrogen (secondary N) is 3. The van der Waals surface area contributed by atoms with Crippen LogP contribution in [0.25, 0.3) is 0 Å². The molecule has 0 radical (unpaired) electrons. The van der Waals surface area contributed by atoms with Crippen molar-refractivity contribution < 1.29 is 14.4 Å². The first kappa shape index (κ1) is 21.6. The zero-order valence-corrected chi connectivity index (χ0v) is 11.1. The van der Waals surface area contributed by atoms with Crippen molar-refractivity contribution in [2.75, 3.05) is 0 Å². The second-order valence-corrected chi connectivity index (χ2v) is 3.32. The van der Waals surface area contributed by atoms with E-state index in [1.54, 1.807) is 0 Å². The summed E-state index contributed by atoms with van der Waals surface area (Å²) in [5.74, 6) is 0.654. The van der Waals surface area contributed by atoms with Gasteiger partial charge in [0.05, 0.1) is 0 Å². The molecule has 0 aliphatic carbocycles. The van der Waals surface area contributed by atoms with E-state index in [-0.39, 0.29) is 0 Å². The zero-order chi connectivity index (χ0) is 15.7. The third-order valence-electron chi connectivity index (χ3n) is 1.81. The Kier molecular flexibility index (Phi) is 20.2. The van der Waals surface area contributed by atoms with Gasteiger partial charge in [0.1, 0.15) is 0 Å². The molecule has 3 N–H and O–H groups in total. The summed E-state index contributed by atoms with van der Waals surface area (Å²) in [6.45, 7) is 6.61. The highest BCUT2D eigenvalue weighted by Gasteiger charge is 1.99. The van der Waals surface area contributed by atoms with Crippen LogP contribution in [0.2, 0.25) is 0 Å². The molecule has 6 heteroatoms. The minimum Gasteiger partial charge on any atom is -0.222 e. The van der Waals surface area contributed by atoms with Gasteiger partial charge in [-0.15, -0.1) is 0 Å². The van der Waals surface area contributed by atoms with Gasteiger partial charge < -0.3 is 0 Å². The van der Waals surface area contributed by atoms with Gasteiger partial charge in [0.25, 0.3) is 0 Å². The summed E-state index contributed by atoms with van der Waals surface area (Å²) in [7, 11) is 0. The topological polar surface area (TPSA) is 123 Å². The van der Waals surface area contributed by atoms with E-state index in [0.717, 1.165) is 18.2 Å². The second-order valence-electron chi connectivity index (χ2n) is 3.32. The molecule has 0 amide bonds. The fourth-order valence-corrected chi connectivity index (χ4v) is 1.23. The summed E-state index contributed by atoms with van der Waals surface area (Å²) in [6.07, 6.45) is 2.25. The van der Waals surface area contributed by atoms with E-state index in [4.69, 9.17) is 30.6 Å². The highest BCUT2D eigenvalue weighted by atomic mass is 16.1. The van der Waals surface area contributed by atoms with Gasteiger partial charge in [-0.05, 0) is 24.0 Å². The lowest BCUT2D eigenvalue weighted by Crippen LogP contribution is -1.89. The third kappa shape index (κ3) is 17.9. The van der Waals surface area contributed by atoms with E-state index < -0.39 is 0 Å². The minimum absolute atomic E-state index is 0.654. The molecule has 0 saturated heterocycles. The summed E-state index contributed by atoms with van der Waals surface area (Å²) >= 11 is 0. The molecule has 0 fully saturated rings. The Morgan fingerprint density at radius 3 is 1.42 bits per heavy atom. The number of rotatable bonds is 1. The fraction of sp³-hybridized carbons (Fsp3) is 0.308. The molecule has 0 unspecified atom stereocenters. The van der Waals surface area contributed by atoms with Crippen molar-refractivity contribution in [3.05, 3.63) is 35.4 Å². The van der Waals surface area contributed by atoms with Crippen molar-refractivity contribution in [3.8, 4) is 0 Å². The molecule has 19 heavy (non-hydrogen) atoms. The highest BCUT2D eigenvalue weighted by molar-refractivity contribution is 5.28. The molecule has 1 aromatic carbocycles. The zero-order valence-electron chi connectivity index (χ0n) is 11.1. The Bertz CT molecular complexity index is 410. The predicted molar refractivity (Wildman–Crippen MR) is 70.5 cm³/mol. The van der Waals surface area contributed by atoms with Crippen LogP contribution in [0.1, 0.15) is 30.9 Å². The SMILES string of the molecule is Cc1ccccc1C(C)C.N=C=O.N=C=O.N=C=O. The van der Waals surface area contributed by atoms with Crippen LogP contribution in [0.5, 0.6) is 0 Å². The minimum atomic E-state index is 0.654. The first-order valence-electron chi connectivity index (χ1n) is 5.13. The van der Waals surface area contributed by atoms with Gasteiger partial charge in [0.2, 0.25) is 18.2 Å². The van der Waals surface area contributed by atoms with Crippen LogP contribution in [0.15, 0.2) is 24.3 Å². The molecule has 0 atom stereocenters. The first-order valence-corrected chi connectivity index (χ1v) is 5.13. The predicted octanol–water partition coefficient (Wildman–Crippen LogP) is 2.82. The van der Waals surface area contributed by atoms with E-state index in [2.05, 4.69) is 45.0 Å². The number of benzene rings is 1. The number of hydrogen-bond donors (Lipinski definition) is 3. The van der Waals surface area contributed by atoms with E-state index in [1.165, 1.54) is 11.1 Å². The Morgan fingerprint density at radius 2 is 1.21 bits per heavy atom. The maximum absolute atomic E-state index is 8.35. The Labute approximate surface area is 112 Å². The Morgan fingerprint density at radius 1 is 0.895 bits per heavy atom. The molecular weight excluding hydrogens is 246 g/mol. The number of isocyanates is 3. The lowest BCUT2D eigenvalue weighted by Gasteiger charge is -2.07. The van der Waals surface area contributed by atoms with Gasteiger partial charge in [0, 0.05) is 0 Å². The average molecular weight is 263 g/mol. The van der Waals surface area contributed by atoms with Crippen molar-refractivity contribution in [2.24, 2.45) is 0 Å². The van der Waals surface area contributed by atoms with Crippen LogP contribution < -0.4 is 0 Å². The van der Waals surface area contributed by atoms with Crippen LogP contribution in [0.4, 0.5) is 0 Å². The summed E-state index contributed by atoms with van der Waals surface area (Å²) in [5.41, 5.74) is 2.86. The molecule has 0 aromatic heterocycles. The van der Waals surface area contributed by atoms with Crippen molar-refractivity contribution in [2.45, 2.75) is 26.7 Å². The summed E-state index contributed by atoms with van der Waals surface area (Å²) < 4.78 is 0. The normalized spacial score (nSPS) is 6.74. The van der Waals surface area contributed by atoms with E-state index in [1.807, 2.05) is 0 Å². The van der Waals surface area contributed by atoms with Gasteiger partial charge in [-0.1, -0.05) is 38.1 Å². The molecular formula is C13H17N3O3. The number of carbonyl (C=O) groups excluding carboxylic acids is 3. The van der Waals surface area contributed by atoms with Gasteiger partial charge in [-0.25, -0.2) is 30.6 Å². The summed E-state index contributed by atoms with van der Waals surface area (Å²) in [4.78, 5) is 25.0. The van der Waals surface area contributed by atoms with Crippen LogP contribution in [0, 0.1) is 23.2 Å². The summed E-state index contributed by atoms with van der Waals surface area (Å²) in [6, 6.07) is 8.54. The monoisotopic (exact) mass is 263 g/mol. The molecule has 1 aromatic rings. The second kappa shape index (κ2) is 17.7. The number of aryl methyl sites for hydroxylation is 1. The molecule has 0 aliphatic heterocycles. The van der Waals surface area contributed by atoms with Crippen LogP contribution in [-0.4, -0.2) is 18.2 Å². The smallest absolute Gasteiger partial charge is 0.222 e. The van der Waals surface area contributed by atoms with E-state index in [9.17, 15) is 0 Å². The lowest BCUT2D eigenvalue weighted by molar-refractivity contribution is 0.562. The molecule has 1 rings (SSSR count). The van der Waals surface area contributed by atoms with Crippen molar-refractivity contribution in [1.82, 2.24) is 0 Å². The maximum atomic E-state index is 8.35. The molecule has 6 nitrogen and oxygen atoms in total. The van der Waals surface area contributed by atoms with Crippen LogP contribution in [-0.2, 0) is 14.4 Å². The van der Waals surface area contributed by atoms with E-state index >= 15 is 0 Å². The summed E-state index contributed by atoms with van der Waals surface area (Å²) in [5, 5.41) is 16.2. The van der Waals surface area contributed by atoms with Crippen molar-refractivity contribution in [3.63, 3.8) is 0 Å². The largest absolute Gasteiger partial charge is 0.231 e. The fourth-order valence-electron chi connectivity index (χ4n) is 1.23. The average Bonchev–Trinajstić information content (AvgIpc) is 2.32. The highest BCUT2D eigenvalue weighted by Crippen LogP contribution is 2.17. The Hall–Kier alpha value is -2.64. The molecule has 0 saturated carbocycles. The van der Waals surface area contributed by atoms with Gasteiger partial charge >= 0.3 is 0 Å². The standard InChI is InChI=1S/C10H14.3CHNO/c1-8(2)10-7-5-4-6-9(10)3;3*2-1-3/h4-8H,1-3H3;3*2H. The lowest BCUT2D eigenvalue weighted by atomic mass is 9.99. The molecule has 0 bridgehead atoms. The molecule has 0 heterocycles. The Balaban J connectivity index is -0.000000238. The molecule has 0 spiro atoms. The van der Waals surface area contributed by atoms with Gasteiger partial charge in [0.15, 0.2) is 0 Å². The first-order chi connectivity index (χ1) is 8.96.